The SMILES string of the molecule is C=CCOC/C=C(\CC(=C)C(=O)OC)c1ccccc1. The highest BCUT2D eigenvalue weighted by Crippen LogP contribution is 2.22. The van der Waals surface area contributed by atoms with Crippen molar-refractivity contribution >= 4 is 11.5 Å². The fourth-order valence-electron chi connectivity index (χ4n) is 1.70. The first-order valence-electron chi connectivity index (χ1n) is 6.38. The minimum atomic E-state index is -0.390. The molecule has 0 amide bonds. The number of benzene rings is 1. The van der Waals surface area contributed by atoms with Gasteiger partial charge >= 0.3 is 5.97 Å². The van der Waals surface area contributed by atoms with Gasteiger partial charge in [-0.3, -0.25) is 0 Å². The first-order chi connectivity index (χ1) is 9.69. The maximum absolute atomic E-state index is 11.5. The Labute approximate surface area is 120 Å². The highest BCUT2D eigenvalue weighted by Gasteiger charge is 2.10. The zero-order valence-corrected chi connectivity index (χ0v) is 11.8. The molecule has 0 fully saturated rings. The summed E-state index contributed by atoms with van der Waals surface area (Å²) >= 11 is 0. The quantitative estimate of drug-likeness (QED) is 0.315. The molecule has 1 rings (SSSR count). The molecule has 0 N–H and O–H groups in total. The van der Waals surface area contributed by atoms with Crippen LogP contribution in [0.3, 0.4) is 0 Å². The Balaban J connectivity index is 2.82. The number of rotatable bonds is 8. The van der Waals surface area contributed by atoms with E-state index in [9.17, 15) is 4.79 Å². The van der Waals surface area contributed by atoms with Crippen LogP contribution in [0.1, 0.15) is 12.0 Å². The molecule has 20 heavy (non-hydrogen) atoms. The third-order valence-corrected chi connectivity index (χ3v) is 2.71. The van der Waals surface area contributed by atoms with E-state index in [1.807, 2.05) is 36.4 Å². The monoisotopic (exact) mass is 272 g/mol. The summed E-state index contributed by atoms with van der Waals surface area (Å²) in [5.41, 5.74) is 2.45. The van der Waals surface area contributed by atoms with Crippen LogP contribution in [-0.2, 0) is 14.3 Å². The summed E-state index contributed by atoms with van der Waals surface area (Å²) in [6, 6.07) is 9.83. The van der Waals surface area contributed by atoms with Crippen LogP contribution in [0.15, 0.2) is 61.2 Å². The van der Waals surface area contributed by atoms with Gasteiger partial charge in [-0.15, -0.1) is 6.58 Å². The minimum absolute atomic E-state index is 0.390. The topological polar surface area (TPSA) is 35.5 Å². The maximum Gasteiger partial charge on any atom is 0.333 e. The number of allylic oxidation sites excluding steroid dienone is 1. The summed E-state index contributed by atoms with van der Waals surface area (Å²) in [5, 5.41) is 0. The van der Waals surface area contributed by atoms with Crippen LogP contribution in [-0.4, -0.2) is 26.3 Å². The molecular formula is C17H20O3. The summed E-state index contributed by atoms with van der Waals surface area (Å²) < 4.78 is 10.0. The number of hydrogen-bond donors (Lipinski definition) is 0. The van der Waals surface area contributed by atoms with Gasteiger partial charge in [0.25, 0.3) is 0 Å². The Hall–Kier alpha value is -2.13. The van der Waals surface area contributed by atoms with Crippen LogP contribution >= 0.6 is 0 Å². The van der Waals surface area contributed by atoms with Gasteiger partial charge < -0.3 is 9.47 Å². The van der Waals surface area contributed by atoms with Gasteiger partial charge in [-0.1, -0.05) is 49.1 Å². The van der Waals surface area contributed by atoms with Crippen molar-refractivity contribution in [3.05, 3.63) is 66.8 Å². The van der Waals surface area contributed by atoms with E-state index in [-0.39, 0.29) is 5.97 Å². The number of methoxy groups -OCH3 is 1. The summed E-state index contributed by atoms with van der Waals surface area (Å²) in [6.45, 7) is 8.32. The summed E-state index contributed by atoms with van der Waals surface area (Å²) in [6.07, 6.45) is 4.09. The summed E-state index contributed by atoms with van der Waals surface area (Å²) in [7, 11) is 1.35. The van der Waals surface area contributed by atoms with Gasteiger partial charge in [0.05, 0.1) is 20.3 Å². The predicted octanol–water partition coefficient (Wildman–Crippen LogP) is 3.39. The van der Waals surface area contributed by atoms with E-state index < -0.39 is 0 Å². The molecule has 0 saturated carbocycles. The molecule has 0 radical (unpaired) electrons. The third kappa shape index (κ3) is 5.24. The number of carbonyl (C=O) groups is 1. The molecule has 3 heteroatoms. The Kier molecular flexibility index (Phi) is 7.07. The van der Waals surface area contributed by atoms with Crippen molar-refractivity contribution in [2.45, 2.75) is 6.42 Å². The second-order valence-electron chi connectivity index (χ2n) is 4.19. The minimum Gasteiger partial charge on any atom is -0.466 e. The standard InChI is InChI=1S/C17H20O3/c1-4-11-20-12-10-16(13-14(2)17(18)19-3)15-8-6-5-7-9-15/h4-10H,1-2,11-13H2,3H3/b16-10+. The maximum atomic E-state index is 11.5. The second-order valence-corrected chi connectivity index (χ2v) is 4.19. The van der Waals surface area contributed by atoms with Crippen LogP contribution in [0, 0.1) is 0 Å². The Morgan fingerprint density at radius 3 is 2.55 bits per heavy atom. The zero-order chi connectivity index (χ0) is 14.8. The molecule has 0 bridgehead atoms. The van der Waals surface area contributed by atoms with Crippen molar-refractivity contribution in [1.82, 2.24) is 0 Å². The van der Waals surface area contributed by atoms with Crippen molar-refractivity contribution in [2.24, 2.45) is 0 Å². The molecule has 0 aliphatic rings. The van der Waals surface area contributed by atoms with Gasteiger partial charge in [0, 0.05) is 12.0 Å². The summed E-state index contributed by atoms with van der Waals surface area (Å²) in [4.78, 5) is 11.5. The molecule has 1 aromatic carbocycles. The average molecular weight is 272 g/mol. The third-order valence-electron chi connectivity index (χ3n) is 2.71. The van der Waals surface area contributed by atoms with Crippen molar-refractivity contribution < 1.29 is 14.3 Å². The van der Waals surface area contributed by atoms with Gasteiger partial charge in [0.2, 0.25) is 0 Å². The number of ether oxygens (including phenoxy) is 2. The first kappa shape index (κ1) is 15.9. The molecule has 0 unspecified atom stereocenters. The van der Waals surface area contributed by atoms with E-state index in [1.165, 1.54) is 7.11 Å². The molecule has 0 spiro atoms. The van der Waals surface area contributed by atoms with Gasteiger partial charge in [-0.25, -0.2) is 4.79 Å². The molecule has 3 nitrogen and oxygen atoms in total. The Bertz CT molecular complexity index is 486. The van der Waals surface area contributed by atoms with Gasteiger partial charge in [-0.2, -0.15) is 0 Å². The number of hydrogen-bond acceptors (Lipinski definition) is 3. The molecule has 0 aliphatic carbocycles. The van der Waals surface area contributed by atoms with Crippen molar-refractivity contribution in [2.75, 3.05) is 20.3 Å². The average Bonchev–Trinajstić information content (AvgIpc) is 2.50. The Morgan fingerprint density at radius 2 is 1.95 bits per heavy atom. The molecule has 0 heterocycles. The predicted molar refractivity (Wildman–Crippen MR) is 81.2 cm³/mol. The van der Waals surface area contributed by atoms with E-state index >= 15 is 0 Å². The second kappa shape index (κ2) is 8.88. The number of carbonyl (C=O) groups excluding carboxylic acids is 1. The summed E-state index contributed by atoms with van der Waals surface area (Å²) in [5.74, 6) is -0.390. The van der Waals surface area contributed by atoms with Crippen molar-refractivity contribution in [3.8, 4) is 0 Å². The molecule has 106 valence electrons. The highest BCUT2D eigenvalue weighted by atomic mass is 16.5. The van der Waals surface area contributed by atoms with Crippen LogP contribution in [0.4, 0.5) is 0 Å². The lowest BCUT2D eigenvalue weighted by atomic mass is 9.98. The van der Waals surface area contributed by atoms with Crippen LogP contribution in [0.25, 0.3) is 5.57 Å². The largest absolute Gasteiger partial charge is 0.466 e. The molecule has 0 saturated heterocycles. The molecule has 0 aliphatic heterocycles. The van der Waals surface area contributed by atoms with E-state index in [1.54, 1.807) is 6.08 Å². The lowest BCUT2D eigenvalue weighted by Gasteiger charge is -2.09. The van der Waals surface area contributed by atoms with E-state index in [4.69, 9.17) is 4.74 Å². The van der Waals surface area contributed by atoms with Crippen LogP contribution < -0.4 is 0 Å². The molecular weight excluding hydrogens is 252 g/mol. The lowest BCUT2D eigenvalue weighted by molar-refractivity contribution is -0.136. The van der Waals surface area contributed by atoms with E-state index in [0.29, 0.717) is 25.2 Å². The van der Waals surface area contributed by atoms with Gasteiger partial charge in [-0.05, 0) is 11.1 Å². The molecule has 0 aromatic heterocycles. The fraction of sp³-hybridized carbons (Fsp3) is 0.235. The van der Waals surface area contributed by atoms with Gasteiger partial charge in [0.15, 0.2) is 0 Å². The fourth-order valence-corrected chi connectivity index (χ4v) is 1.70. The zero-order valence-electron chi connectivity index (χ0n) is 11.8. The molecule has 0 atom stereocenters. The van der Waals surface area contributed by atoms with Gasteiger partial charge in [0.1, 0.15) is 0 Å². The molecule has 1 aromatic rings. The Morgan fingerprint density at radius 1 is 1.25 bits per heavy atom. The number of esters is 1. The lowest BCUT2D eigenvalue weighted by Crippen LogP contribution is -2.04. The van der Waals surface area contributed by atoms with Crippen molar-refractivity contribution in [3.63, 3.8) is 0 Å². The van der Waals surface area contributed by atoms with E-state index in [0.717, 1.165) is 11.1 Å². The first-order valence-corrected chi connectivity index (χ1v) is 6.38. The highest BCUT2D eigenvalue weighted by molar-refractivity contribution is 5.90. The van der Waals surface area contributed by atoms with Crippen LogP contribution in [0.5, 0.6) is 0 Å². The van der Waals surface area contributed by atoms with E-state index in [2.05, 4.69) is 17.9 Å². The normalized spacial score (nSPS) is 10.9. The van der Waals surface area contributed by atoms with Crippen LogP contribution in [0.2, 0.25) is 0 Å². The smallest absolute Gasteiger partial charge is 0.333 e. The van der Waals surface area contributed by atoms with Crippen molar-refractivity contribution in [1.29, 1.82) is 0 Å².